The Morgan fingerprint density at radius 2 is 1.56 bits per heavy atom. The Kier molecular flexibility index (Phi) is 8.02. The third kappa shape index (κ3) is 5.91. The average molecular weight is 373 g/mol. The van der Waals surface area contributed by atoms with Crippen LogP contribution in [0.15, 0.2) is 64.9 Å². The molecule has 2 aromatic rings. The Balaban J connectivity index is 2.42. The quantitative estimate of drug-likeness (QED) is 0.507. The van der Waals surface area contributed by atoms with Crippen LogP contribution in [0, 0.1) is 5.82 Å². The van der Waals surface area contributed by atoms with Gasteiger partial charge in [-0.05, 0) is 40.8 Å². The van der Waals surface area contributed by atoms with Crippen LogP contribution in [0.1, 0.15) is 25.0 Å². The first-order valence-electron chi connectivity index (χ1n) is 8.19. The van der Waals surface area contributed by atoms with Crippen molar-refractivity contribution in [3.8, 4) is 0 Å². The minimum Gasteiger partial charge on any atom is -0.289 e. The Morgan fingerprint density at radius 3 is 2.12 bits per heavy atom. The molecule has 0 fully saturated rings. The van der Waals surface area contributed by atoms with Crippen LogP contribution in [0.4, 0.5) is 4.39 Å². The number of hydrogen-bond acceptors (Lipinski definition) is 3. The monoisotopic (exact) mass is 372 g/mol. The van der Waals surface area contributed by atoms with Gasteiger partial charge >= 0.3 is 0 Å². The molecule has 4 heteroatoms. The van der Waals surface area contributed by atoms with Gasteiger partial charge in [-0.1, -0.05) is 62.4 Å². The van der Waals surface area contributed by atoms with Crippen molar-refractivity contribution in [2.45, 2.75) is 13.8 Å². The number of carbonyl (C=O) groups is 1. The van der Waals surface area contributed by atoms with Crippen molar-refractivity contribution in [3.05, 3.63) is 81.9 Å². The molecule has 0 aliphatic rings. The molecule has 0 atom stereocenters. The van der Waals surface area contributed by atoms with E-state index in [9.17, 15) is 9.18 Å². The summed E-state index contributed by atoms with van der Waals surface area (Å²) in [4.78, 5) is 12.9. The van der Waals surface area contributed by atoms with Crippen LogP contribution < -0.4 is 0 Å². The van der Waals surface area contributed by atoms with Crippen LogP contribution in [0.5, 0.6) is 0 Å². The zero-order valence-corrected chi connectivity index (χ0v) is 16.0. The average Bonchev–Trinajstić information content (AvgIpc) is 2.63. The van der Waals surface area contributed by atoms with Crippen molar-refractivity contribution >= 4 is 41.0 Å². The molecule has 0 saturated heterocycles. The van der Waals surface area contributed by atoms with E-state index in [4.69, 9.17) is 0 Å². The molecule has 0 amide bonds. The number of carbonyl (C=O) groups excluding carboxylic acids is 1. The predicted octanol–water partition coefficient (Wildman–Crippen LogP) is 6.28. The first-order valence-corrected chi connectivity index (χ1v) is 10.2. The van der Waals surface area contributed by atoms with E-state index in [2.05, 4.69) is 13.8 Å². The molecule has 25 heavy (non-hydrogen) atoms. The van der Waals surface area contributed by atoms with Crippen molar-refractivity contribution in [1.29, 1.82) is 0 Å². The van der Waals surface area contributed by atoms with E-state index in [1.165, 1.54) is 12.1 Å². The van der Waals surface area contributed by atoms with Gasteiger partial charge in [-0.15, -0.1) is 23.5 Å². The highest BCUT2D eigenvalue weighted by Crippen LogP contribution is 2.36. The van der Waals surface area contributed by atoms with Crippen LogP contribution in [0.3, 0.4) is 0 Å². The first-order chi connectivity index (χ1) is 12.2. The third-order valence-electron chi connectivity index (χ3n) is 3.36. The predicted molar refractivity (Wildman–Crippen MR) is 110 cm³/mol. The Hall–Kier alpha value is -1.78. The molecule has 0 bridgehead atoms. The van der Waals surface area contributed by atoms with Gasteiger partial charge < -0.3 is 0 Å². The van der Waals surface area contributed by atoms with E-state index in [1.54, 1.807) is 41.7 Å². The number of rotatable bonds is 8. The molecule has 0 spiro atoms. The van der Waals surface area contributed by atoms with E-state index in [0.717, 1.165) is 26.9 Å². The molecule has 0 heterocycles. The molecule has 130 valence electrons. The lowest BCUT2D eigenvalue weighted by Gasteiger charge is -2.12. The van der Waals surface area contributed by atoms with Gasteiger partial charge in [0, 0.05) is 5.57 Å². The summed E-state index contributed by atoms with van der Waals surface area (Å²) in [5.74, 6) is 1.39. The number of ketones is 1. The topological polar surface area (TPSA) is 17.1 Å². The molecule has 0 N–H and O–H groups in total. The molecule has 0 saturated carbocycles. The van der Waals surface area contributed by atoms with E-state index in [0.29, 0.717) is 5.57 Å². The molecule has 0 aliphatic heterocycles. The first kappa shape index (κ1) is 19.5. The van der Waals surface area contributed by atoms with Gasteiger partial charge in [0.15, 0.2) is 5.78 Å². The fraction of sp³-hybridized carbons (Fsp3) is 0.190. The molecule has 2 aromatic carbocycles. The van der Waals surface area contributed by atoms with Gasteiger partial charge in [0.25, 0.3) is 0 Å². The van der Waals surface area contributed by atoms with Crippen LogP contribution in [0.2, 0.25) is 0 Å². The minimum absolute atomic E-state index is 0.0626. The van der Waals surface area contributed by atoms with Crippen LogP contribution >= 0.6 is 23.5 Å². The van der Waals surface area contributed by atoms with E-state index >= 15 is 0 Å². The molecule has 0 aromatic heterocycles. The number of allylic oxidation sites excluding steroid dienone is 2. The van der Waals surface area contributed by atoms with Crippen LogP contribution in [-0.4, -0.2) is 17.3 Å². The Morgan fingerprint density at radius 1 is 0.960 bits per heavy atom. The maximum absolute atomic E-state index is 13.3. The van der Waals surface area contributed by atoms with Crippen molar-refractivity contribution in [2.75, 3.05) is 11.5 Å². The van der Waals surface area contributed by atoms with E-state index in [1.807, 2.05) is 36.4 Å². The molecule has 0 unspecified atom stereocenters. The SMILES string of the molecule is CCSC(SCC)=C(C(=O)/C=C/c1ccccc1)c1ccc(F)cc1. The van der Waals surface area contributed by atoms with Crippen molar-refractivity contribution in [2.24, 2.45) is 0 Å². The van der Waals surface area contributed by atoms with Crippen molar-refractivity contribution < 1.29 is 9.18 Å². The van der Waals surface area contributed by atoms with Gasteiger partial charge in [-0.2, -0.15) is 0 Å². The zero-order chi connectivity index (χ0) is 18.1. The fourth-order valence-electron chi connectivity index (χ4n) is 2.24. The summed E-state index contributed by atoms with van der Waals surface area (Å²) >= 11 is 3.30. The highest BCUT2D eigenvalue weighted by Gasteiger charge is 2.16. The second-order valence-corrected chi connectivity index (χ2v) is 7.95. The summed E-state index contributed by atoms with van der Waals surface area (Å²) in [6.45, 7) is 4.13. The van der Waals surface area contributed by atoms with Gasteiger partial charge in [-0.25, -0.2) is 4.39 Å². The number of thioether (sulfide) groups is 2. The second kappa shape index (κ2) is 10.3. The summed E-state index contributed by atoms with van der Waals surface area (Å²) in [5, 5.41) is 0. The van der Waals surface area contributed by atoms with Crippen LogP contribution in [0.25, 0.3) is 11.6 Å². The zero-order valence-electron chi connectivity index (χ0n) is 14.4. The Bertz CT molecular complexity index is 741. The second-order valence-electron chi connectivity index (χ2n) is 5.14. The molecule has 2 rings (SSSR count). The molecule has 0 aliphatic carbocycles. The lowest BCUT2D eigenvalue weighted by Crippen LogP contribution is -2.01. The standard InChI is InChI=1S/C21H21FOS2/c1-3-24-21(25-4-2)20(17-11-13-18(22)14-12-17)19(23)15-10-16-8-6-5-7-9-16/h5-15H,3-4H2,1-2H3/b15-10+. The third-order valence-corrected chi connectivity index (χ3v) is 5.58. The van der Waals surface area contributed by atoms with Gasteiger partial charge in [0.2, 0.25) is 0 Å². The summed E-state index contributed by atoms with van der Waals surface area (Å²) in [5.41, 5.74) is 2.37. The fourth-order valence-corrected chi connectivity index (χ4v) is 4.54. The smallest absolute Gasteiger partial charge is 0.188 e. The maximum atomic E-state index is 13.3. The van der Waals surface area contributed by atoms with Crippen LogP contribution in [-0.2, 0) is 4.79 Å². The van der Waals surface area contributed by atoms with Crippen molar-refractivity contribution in [1.82, 2.24) is 0 Å². The maximum Gasteiger partial charge on any atom is 0.188 e. The molecule has 1 nitrogen and oxygen atoms in total. The van der Waals surface area contributed by atoms with Gasteiger partial charge in [0.1, 0.15) is 5.82 Å². The normalized spacial score (nSPS) is 10.8. The lowest BCUT2D eigenvalue weighted by atomic mass is 10.0. The highest BCUT2D eigenvalue weighted by molar-refractivity contribution is 8.22. The number of benzene rings is 2. The van der Waals surface area contributed by atoms with Crippen molar-refractivity contribution in [3.63, 3.8) is 0 Å². The minimum atomic E-state index is -0.303. The molecular weight excluding hydrogens is 351 g/mol. The molecule has 0 radical (unpaired) electrons. The number of hydrogen-bond donors (Lipinski definition) is 0. The summed E-state index contributed by atoms with van der Waals surface area (Å²) in [7, 11) is 0. The van der Waals surface area contributed by atoms with E-state index in [-0.39, 0.29) is 11.6 Å². The number of halogens is 1. The largest absolute Gasteiger partial charge is 0.289 e. The highest BCUT2D eigenvalue weighted by atomic mass is 32.2. The lowest BCUT2D eigenvalue weighted by molar-refractivity contribution is -0.109. The van der Waals surface area contributed by atoms with Gasteiger partial charge in [-0.3, -0.25) is 4.79 Å². The summed E-state index contributed by atoms with van der Waals surface area (Å²) < 4.78 is 14.3. The van der Waals surface area contributed by atoms with Gasteiger partial charge in [0.05, 0.1) is 4.24 Å². The summed E-state index contributed by atoms with van der Waals surface area (Å²) in [6, 6.07) is 15.9. The Labute approximate surface area is 157 Å². The molecular formula is C21H21FOS2. The summed E-state index contributed by atoms with van der Waals surface area (Å²) in [6.07, 6.45) is 3.41. The van der Waals surface area contributed by atoms with E-state index < -0.39 is 0 Å².